The van der Waals surface area contributed by atoms with Gasteiger partial charge in [-0.3, -0.25) is 0 Å². The molecule has 1 rings (SSSR count). The SMILES string of the molecule is CCCc1nc(NN)c(C)c(NCCCCCO)n1. The molecule has 0 unspecified atom stereocenters. The fraction of sp³-hybridized carbons (Fsp3) is 0.692. The summed E-state index contributed by atoms with van der Waals surface area (Å²) >= 11 is 0. The number of rotatable bonds is 9. The molecule has 108 valence electrons. The smallest absolute Gasteiger partial charge is 0.148 e. The summed E-state index contributed by atoms with van der Waals surface area (Å²) in [7, 11) is 0. The van der Waals surface area contributed by atoms with E-state index in [2.05, 4.69) is 27.6 Å². The molecule has 0 aliphatic heterocycles. The highest BCUT2D eigenvalue weighted by Crippen LogP contribution is 2.19. The molecular formula is C13H25N5O. The average Bonchev–Trinajstić information content (AvgIpc) is 2.41. The van der Waals surface area contributed by atoms with Gasteiger partial charge in [-0.05, 0) is 32.6 Å². The number of anilines is 2. The Labute approximate surface area is 114 Å². The Hall–Kier alpha value is -1.40. The molecule has 6 nitrogen and oxygen atoms in total. The first-order chi connectivity index (χ1) is 9.22. The molecule has 1 aromatic heterocycles. The third-order valence-corrected chi connectivity index (χ3v) is 2.93. The molecule has 0 bridgehead atoms. The van der Waals surface area contributed by atoms with E-state index in [-0.39, 0.29) is 6.61 Å². The number of unbranched alkanes of at least 4 members (excludes halogenated alkanes) is 2. The Morgan fingerprint density at radius 3 is 2.53 bits per heavy atom. The fourth-order valence-corrected chi connectivity index (χ4v) is 1.83. The Morgan fingerprint density at radius 1 is 1.16 bits per heavy atom. The number of hydrogen-bond acceptors (Lipinski definition) is 6. The van der Waals surface area contributed by atoms with Gasteiger partial charge in [-0.15, -0.1) is 0 Å². The van der Waals surface area contributed by atoms with Crippen molar-refractivity contribution in [2.75, 3.05) is 23.9 Å². The van der Waals surface area contributed by atoms with Gasteiger partial charge in [0.25, 0.3) is 0 Å². The number of aliphatic hydroxyl groups is 1. The number of nitrogens with two attached hydrogens (primary N) is 1. The molecule has 19 heavy (non-hydrogen) atoms. The third-order valence-electron chi connectivity index (χ3n) is 2.93. The number of aliphatic hydroxyl groups excluding tert-OH is 1. The van der Waals surface area contributed by atoms with Crippen LogP contribution in [0.25, 0.3) is 0 Å². The summed E-state index contributed by atoms with van der Waals surface area (Å²) in [5, 5.41) is 12.0. The van der Waals surface area contributed by atoms with Crippen LogP contribution in [0.15, 0.2) is 0 Å². The molecule has 0 spiro atoms. The lowest BCUT2D eigenvalue weighted by Gasteiger charge is -2.13. The van der Waals surface area contributed by atoms with E-state index in [1.165, 1.54) is 0 Å². The predicted molar refractivity (Wildman–Crippen MR) is 78.0 cm³/mol. The van der Waals surface area contributed by atoms with Gasteiger partial charge in [-0.1, -0.05) is 6.92 Å². The maximum atomic E-state index is 8.73. The zero-order valence-electron chi connectivity index (χ0n) is 11.9. The minimum atomic E-state index is 0.258. The van der Waals surface area contributed by atoms with Crippen molar-refractivity contribution in [2.24, 2.45) is 5.84 Å². The topological polar surface area (TPSA) is 96.1 Å². The zero-order chi connectivity index (χ0) is 14.1. The number of nitrogen functional groups attached to an aromatic ring is 1. The molecule has 0 aromatic carbocycles. The van der Waals surface area contributed by atoms with Gasteiger partial charge < -0.3 is 15.8 Å². The van der Waals surface area contributed by atoms with Crippen LogP contribution in [0.5, 0.6) is 0 Å². The standard InChI is InChI=1S/C13H25N5O/c1-3-7-11-16-12(10(2)13(17-11)18-14)15-8-5-4-6-9-19/h19H,3-9,14H2,1-2H3,(H2,15,16,17,18). The molecule has 6 heteroatoms. The lowest BCUT2D eigenvalue weighted by atomic mass is 10.2. The van der Waals surface area contributed by atoms with Crippen molar-refractivity contribution in [1.29, 1.82) is 0 Å². The number of nitrogens with zero attached hydrogens (tertiary/aromatic N) is 2. The molecule has 0 fully saturated rings. The van der Waals surface area contributed by atoms with Crippen LogP contribution in [0.1, 0.15) is 44.0 Å². The van der Waals surface area contributed by atoms with Gasteiger partial charge in [-0.25, -0.2) is 15.8 Å². The minimum Gasteiger partial charge on any atom is -0.396 e. The van der Waals surface area contributed by atoms with E-state index >= 15 is 0 Å². The van der Waals surface area contributed by atoms with Crippen molar-refractivity contribution in [2.45, 2.75) is 46.0 Å². The van der Waals surface area contributed by atoms with Crippen LogP contribution >= 0.6 is 0 Å². The first-order valence-corrected chi connectivity index (χ1v) is 6.91. The maximum absolute atomic E-state index is 8.73. The molecule has 0 aliphatic rings. The van der Waals surface area contributed by atoms with E-state index in [9.17, 15) is 0 Å². The number of hydrogen-bond donors (Lipinski definition) is 4. The Balaban J connectivity index is 2.66. The first-order valence-electron chi connectivity index (χ1n) is 6.91. The quantitative estimate of drug-likeness (QED) is 0.308. The first kappa shape index (κ1) is 15.7. The van der Waals surface area contributed by atoms with Crippen molar-refractivity contribution >= 4 is 11.6 Å². The van der Waals surface area contributed by atoms with Crippen LogP contribution in [-0.2, 0) is 6.42 Å². The highest BCUT2D eigenvalue weighted by Gasteiger charge is 2.09. The number of hydrazine groups is 1. The summed E-state index contributed by atoms with van der Waals surface area (Å²) in [6, 6.07) is 0. The Bertz CT molecular complexity index is 384. The number of aromatic nitrogens is 2. The van der Waals surface area contributed by atoms with Gasteiger partial charge in [0.15, 0.2) is 0 Å². The van der Waals surface area contributed by atoms with E-state index in [1.54, 1.807) is 0 Å². The molecule has 5 N–H and O–H groups in total. The summed E-state index contributed by atoms with van der Waals surface area (Å²) in [5.74, 6) is 7.81. The van der Waals surface area contributed by atoms with Crippen molar-refractivity contribution in [3.8, 4) is 0 Å². The maximum Gasteiger partial charge on any atom is 0.148 e. The van der Waals surface area contributed by atoms with Crippen molar-refractivity contribution < 1.29 is 5.11 Å². The summed E-state index contributed by atoms with van der Waals surface area (Å²) < 4.78 is 0. The Morgan fingerprint density at radius 2 is 1.89 bits per heavy atom. The molecule has 0 atom stereocenters. The summed E-state index contributed by atoms with van der Waals surface area (Å²) in [5.41, 5.74) is 3.56. The van der Waals surface area contributed by atoms with Crippen molar-refractivity contribution in [3.05, 3.63) is 11.4 Å². The summed E-state index contributed by atoms with van der Waals surface area (Å²) in [6.07, 6.45) is 4.72. The van der Waals surface area contributed by atoms with Crippen LogP contribution in [-0.4, -0.2) is 28.2 Å². The molecule has 0 aliphatic carbocycles. The average molecular weight is 267 g/mol. The van der Waals surface area contributed by atoms with Crippen LogP contribution in [0, 0.1) is 6.92 Å². The van der Waals surface area contributed by atoms with Gasteiger partial charge >= 0.3 is 0 Å². The highest BCUT2D eigenvalue weighted by atomic mass is 16.2. The molecule has 0 radical (unpaired) electrons. The van der Waals surface area contributed by atoms with E-state index in [0.717, 1.165) is 55.9 Å². The molecule has 0 amide bonds. The molecule has 1 heterocycles. The van der Waals surface area contributed by atoms with Gasteiger partial charge in [0.05, 0.1) is 0 Å². The van der Waals surface area contributed by atoms with Gasteiger partial charge in [0.1, 0.15) is 17.5 Å². The van der Waals surface area contributed by atoms with E-state index in [1.807, 2.05) is 6.92 Å². The fourth-order valence-electron chi connectivity index (χ4n) is 1.83. The molecule has 1 aromatic rings. The van der Waals surface area contributed by atoms with Crippen LogP contribution in [0.2, 0.25) is 0 Å². The van der Waals surface area contributed by atoms with Crippen molar-refractivity contribution in [1.82, 2.24) is 9.97 Å². The second kappa shape index (κ2) is 8.66. The molecular weight excluding hydrogens is 242 g/mol. The van der Waals surface area contributed by atoms with Gasteiger partial charge in [-0.2, -0.15) is 0 Å². The lowest BCUT2D eigenvalue weighted by Crippen LogP contribution is -2.15. The van der Waals surface area contributed by atoms with Crippen LogP contribution in [0.3, 0.4) is 0 Å². The minimum absolute atomic E-state index is 0.258. The highest BCUT2D eigenvalue weighted by molar-refractivity contribution is 5.56. The van der Waals surface area contributed by atoms with Crippen molar-refractivity contribution in [3.63, 3.8) is 0 Å². The predicted octanol–water partition coefficient (Wildman–Crippen LogP) is 1.60. The molecule has 0 saturated heterocycles. The van der Waals surface area contributed by atoms with Gasteiger partial charge in [0.2, 0.25) is 0 Å². The van der Waals surface area contributed by atoms with Crippen LogP contribution < -0.4 is 16.6 Å². The van der Waals surface area contributed by atoms with Crippen LogP contribution in [0.4, 0.5) is 11.6 Å². The van der Waals surface area contributed by atoms with E-state index in [4.69, 9.17) is 10.9 Å². The third kappa shape index (κ3) is 5.00. The normalized spacial score (nSPS) is 10.5. The second-order valence-electron chi connectivity index (χ2n) is 4.57. The molecule has 0 saturated carbocycles. The summed E-state index contributed by atoms with van der Waals surface area (Å²) in [4.78, 5) is 8.90. The largest absolute Gasteiger partial charge is 0.396 e. The van der Waals surface area contributed by atoms with E-state index < -0.39 is 0 Å². The number of nitrogens with one attached hydrogen (secondary N) is 2. The second-order valence-corrected chi connectivity index (χ2v) is 4.57. The number of aryl methyl sites for hydroxylation is 1. The van der Waals surface area contributed by atoms with E-state index in [0.29, 0.717) is 5.82 Å². The zero-order valence-corrected chi connectivity index (χ0v) is 11.9. The summed E-state index contributed by atoms with van der Waals surface area (Å²) in [6.45, 7) is 5.14. The van der Waals surface area contributed by atoms with Gasteiger partial charge in [0, 0.05) is 25.1 Å². The lowest BCUT2D eigenvalue weighted by molar-refractivity contribution is 0.283. The Kier molecular flexibility index (Phi) is 7.14. The monoisotopic (exact) mass is 267 g/mol.